The molecule has 2 rings (SSSR count). The summed E-state index contributed by atoms with van der Waals surface area (Å²) in [5.74, 6) is 1.05. The van der Waals surface area contributed by atoms with Crippen molar-refractivity contribution in [3.63, 3.8) is 0 Å². The number of halogens is 1. The third kappa shape index (κ3) is 3.29. The maximum absolute atomic E-state index is 10.3. The monoisotopic (exact) mass is 278 g/mol. The molecule has 0 saturated heterocycles. The molecule has 0 saturated carbocycles. The Bertz CT molecular complexity index is 510. The molecule has 0 radical (unpaired) electrons. The first kappa shape index (κ1) is 13.5. The fraction of sp³-hybridized carbons (Fsp3) is 0.200. The summed E-state index contributed by atoms with van der Waals surface area (Å²) >= 11 is 7.72. The molecule has 0 aliphatic heterocycles. The predicted molar refractivity (Wildman–Crippen MR) is 78.4 cm³/mol. The average molecular weight is 279 g/mol. The second kappa shape index (κ2) is 6.28. The zero-order valence-corrected chi connectivity index (χ0v) is 11.7. The largest absolute Gasteiger partial charge is 0.384 e. The molecule has 2 aromatic rings. The van der Waals surface area contributed by atoms with Gasteiger partial charge in [-0.3, -0.25) is 0 Å². The van der Waals surface area contributed by atoms with Crippen LogP contribution in [0.2, 0.25) is 5.02 Å². The molecule has 2 aromatic carbocycles. The summed E-state index contributed by atoms with van der Waals surface area (Å²) in [5.41, 5.74) is 1.70. The third-order valence-electron chi connectivity index (χ3n) is 2.67. The van der Waals surface area contributed by atoms with E-state index >= 15 is 0 Å². The van der Waals surface area contributed by atoms with Gasteiger partial charge in [0.15, 0.2) is 0 Å². The first-order chi connectivity index (χ1) is 8.70. The standard InChI is InChI=1S/C15H15ClOS/c1-2-18-14-8-6-11(7-9-14)15(17)12-4-3-5-13(16)10-12/h3-10,15,17H,2H2,1H3. The minimum atomic E-state index is -0.621. The van der Waals surface area contributed by atoms with Gasteiger partial charge in [-0.05, 0) is 41.1 Å². The van der Waals surface area contributed by atoms with Gasteiger partial charge in [-0.15, -0.1) is 11.8 Å². The van der Waals surface area contributed by atoms with Gasteiger partial charge in [0.05, 0.1) is 0 Å². The lowest BCUT2D eigenvalue weighted by molar-refractivity contribution is 0.220. The van der Waals surface area contributed by atoms with Gasteiger partial charge in [-0.1, -0.05) is 42.8 Å². The Labute approximate surface area is 117 Å². The Morgan fingerprint density at radius 2 is 1.83 bits per heavy atom. The number of aliphatic hydroxyl groups is 1. The van der Waals surface area contributed by atoms with Crippen LogP contribution in [0.1, 0.15) is 24.2 Å². The van der Waals surface area contributed by atoms with Crippen LogP contribution >= 0.6 is 23.4 Å². The van der Waals surface area contributed by atoms with Crippen molar-refractivity contribution >= 4 is 23.4 Å². The van der Waals surface area contributed by atoms with Crippen LogP contribution in [0.3, 0.4) is 0 Å². The maximum Gasteiger partial charge on any atom is 0.104 e. The van der Waals surface area contributed by atoms with Crippen LogP contribution in [-0.4, -0.2) is 10.9 Å². The van der Waals surface area contributed by atoms with Crippen LogP contribution in [0.15, 0.2) is 53.4 Å². The van der Waals surface area contributed by atoms with Gasteiger partial charge in [0.1, 0.15) is 6.10 Å². The van der Waals surface area contributed by atoms with Crippen LogP contribution in [0, 0.1) is 0 Å². The van der Waals surface area contributed by atoms with Crippen LogP contribution in [-0.2, 0) is 0 Å². The van der Waals surface area contributed by atoms with Crippen molar-refractivity contribution < 1.29 is 5.11 Å². The molecule has 0 aromatic heterocycles. The van der Waals surface area contributed by atoms with Crippen LogP contribution < -0.4 is 0 Å². The van der Waals surface area contributed by atoms with Crippen LogP contribution in [0.4, 0.5) is 0 Å². The Morgan fingerprint density at radius 3 is 2.44 bits per heavy atom. The molecule has 18 heavy (non-hydrogen) atoms. The first-order valence-corrected chi connectivity index (χ1v) is 7.23. The fourth-order valence-electron chi connectivity index (χ4n) is 1.78. The van der Waals surface area contributed by atoms with E-state index in [1.165, 1.54) is 4.90 Å². The van der Waals surface area contributed by atoms with Crippen LogP contribution in [0.5, 0.6) is 0 Å². The molecule has 0 spiro atoms. The average Bonchev–Trinajstić information content (AvgIpc) is 2.39. The minimum Gasteiger partial charge on any atom is -0.384 e. The lowest BCUT2D eigenvalue weighted by Crippen LogP contribution is -1.99. The van der Waals surface area contributed by atoms with Crippen LogP contribution in [0.25, 0.3) is 0 Å². The number of benzene rings is 2. The second-order valence-electron chi connectivity index (χ2n) is 3.96. The van der Waals surface area contributed by atoms with E-state index in [1.54, 1.807) is 23.9 Å². The van der Waals surface area contributed by atoms with Gasteiger partial charge in [0, 0.05) is 9.92 Å². The summed E-state index contributed by atoms with van der Waals surface area (Å²) in [4.78, 5) is 1.22. The molecule has 1 N–H and O–H groups in total. The van der Waals surface area contributed by atoms with Crippen molar-refractivity contribution in [2.24, 2.45) is 0 Å². The molecular weight excluding hydrogens is 264 g/mol. The van der Waals surface area contributed by atoms with E-state index < -0.39 is 6.10 Å². The van der Waals surface area contributed by atoms with Gasteiger partial charge in [-0.2, -0.15) is 0 Å². The summed E-state index contributed by atoms with van der Waals surface area (Å²) in [6.07, 6.45) is -0.621. The summed E-state index contributed by atoms with van der Waals surface area (Å²) in [7, 11) is 0. The number of hydrogen-bond donors (Lipinski definition) is 1. The van der Waals surface area contributed by atoms with Gasteiger partial charge >= 0.3 is 0 Å². The molecule has 94 valence electrons. The SMILES string of the molecule is CCSc1ccc(C(O)c2cccc(Cl)c2)cc1. The maximum atomic E-state index is 10.3. The number of aliphatic hydroxyl groups excluding tert-OH is 1. The molecule has 0 fully saturated rings. The fourth-order valence-corrected chi connectivity index (χ4v) is 2.64. The Kier molecular flexibility index (Phi) is 4.70. The number of thioether (sulfide) groups is 1. The second-order valence-corrected chi connectivity index (χ2v) is 5.73. The number of hydrogen-bond acceptors (Lipinski definition) is 2. The van der Waals surface area contributed by atoms with Gasteiger partial charge in [0.25, 0.3) is 0 Å². The van der Waals surface area contributed by atoms with Crippen molar-refractivity contribution in [2.45, 2.75) is 17.9 Å². The Morgan fingerprint density at radius 1 is 1.11 bits per heavy atom. The lowest BCUT2D eigenvalue weighted by atomic mass is 10.0. The predicted octanol–water partition coefficient (Wildman–Crippen LogP) is 4.53. The van der Waals surface area contributed by atoms with Crippen molar-refractivity contribution in [3.8, 4) is 0 Å². The molecule has 0 aliphatic rings. The lowest BCUT2D eigenvalue weighted by Gasteiger charge is -2.12. The van der Waals surface area contributed by atoms with E-state index in [0.717, 1.165) is 16.9 Å². The molecule has 1 unspecified atom stereocenters. The van der Waals surface area contributed by atoms with Crippen molar-refractivity contribution in [2.75, 3.05) is 5.75 Å². The summed E-state index contributed by atoms with van der Waals surface area (Å²) in [6.45, 7) is 2.12. The summed E-state index contributed by atoms with van der Waals surface area (Å²) in [6, 6.07) is 15.3. The zero-order valence-electron chi connectivity index (χ0n) is 10.1. The van der Waals surface area contributed by atoms with Gasteiger partial charge in [0.2, 0.25) is 0 Å². The summed E-state index contributed by atoms with van der Waals surface area (Å²) < 4.78 is 0. The molecule has 0 aliphatic carbocycles. The molecular formula is C15H15ClOS. The minimum absolute atomic E-state index is 0.621. The first-order valence-electron chi connectivity index (χ1n) is 5.87. The van der Waals surface area contributed by atoms with Crippen molar-refractivity contribution in [1.82, 2.24) is 0 Å². The summed E-state index contributed by atoms with van der Waals surface area (Å²) in [5, 5.41) is 10.9. The highest BCUT2D eigenvalue weighted by Gasteiger charge is 2.10. The van der Waals surface area contributed by atoms with Crippen molar-refractivity contribution in [3.05, 3.63) is 64.7 Å². The van der Waals surface area contributed by atoms with E-state index in [1.807, 2.05) is 36.4 Å². The molecule has 1 atom stereocenters. The van der Waals surface area contributed by atoms with E-state index in [4.69, 9.17) is 11.6 Å². The Balaban J connectivity index is 2.20. The highest BCUT2D eigenvalue weighted by Crippen LogP contribution is 2.26. The number of rotatable bonds is 4. The highest BCUT2D eigenvalue weighted by molar-refractivity contribution is 7.99. The van der Waals surface area contributed by atoms with E-state index in [2.05, 4.69) is 6.92 Å². The normalized spacial score (nSPS) is 12.4. The van der Waals surface area contributed by atoms with Gasteiger partial charge in [-0.25, -0.2) is 0 Å². The van der Waals surface area contributed by atoms with Crippen molar-refractivity contribution in [1.29, 1.82) is 0 Å². The van der Waals surface area contributed by atoms with E-state index in [9.17, 15) is 5.11 Å². The smallest absolute Gasteiger partial charge is 0.104 e. The zero-order chi connectivity index (χ0) is 13.0. The third-order valence-corrected chi connectivity index (χ3v) is 3.80. The molecule has 1 nitrogen and oxygen atoms in total. The van der Waals surface area contributed by atoms with E-state index in [0.29, 0.717) is 5.02 Å². The molecule has 0 bridgehead atoms. The molecule has 0 amide bonds. The van der Waals surface area contributed by atoms with E-state index in [-0.39, 0.29) is 0 Å². The quantitative estimate of drug-likeness (QED) is 0.829. The topological polar surface area (TPSA) is 20.2 Å². The van der Waals surface area contributed by atoms with Gasteiger partial charge < -0.3 is 5.11 Å². The highest BCUT2D eigenvalue weighted by atomic mass is 35.5. The molecule has 3 heteroatoms. The Hall–Kier alpha value is -0.960. The molecule has 0 heterocycles.